The molecule has 132 valence electrons. The summed E-state index contributed by atoms with van der Waals surface area (Å²) in [5.41, 5.74) is 0.953. The smallest absolute Gasteiger partial charge is 0.407 e. The lowest BCUT2D eigenvalue weighted by molar-refractivity contribution is -0.0454. The van der Waals surface area contributed by atoms with E-state index in [2.05, 4.69) is 33.6 Å². The van der Waals surface area contributed by atoms with E-state index in [9.17, 15) is 9.90 Å². The van der Waals surface area contributed by atoms with E-state index in [0.717, 1.165) is 25.1 Å². The third kappa shape index (κ3) is 2.91. The summed E-state index contributed by atoms with van der Waals surface area (Å²) in [6, 6.07) is 0. The Bertz CT molecular complexity index is 634. The van der Waals surface area contributed by atoms with Crippen LogP contribution in [0.15, 0.2) is 11.6 Å². The highest BCUT2D eigenvalue weighted by molar-refractivity contribution is 5.66. The summed E-state index contributed by atoms with van der Waals surface area (Å²) in [4.78, 5) is 13.4. The van der Waals surface area contributed by atoms with Gasteiger partial charge in [-0.05, 0) is 62.3 Å². The Kier molecular flexibility index (Phi) is 4.13. The van der Waals surface area contributed by atoms with Crippen LogP contribution in [0.2, 0.25) is 0 Å². The van der Waals surface area contributed by atoms with E-state index >= 15 is 0 Å². The highest BCUT2D eigenvalue weighted by Gasteiger charge is 2.56. The third-order valence-corrected chi connectivity index (χ3v) is 5.70. The standard InChI is InChI=1S/C17H27N5O2/c1-5-11-6-12-8-17(13(12)7-11,9-14-18-20-21-19-14)10-22(15(23)24)16(2,3)4/h7,12-13H,5-6,8-10H2,1-4H3,(H,23,24)(H,18,19,20,21)/t12-,13-,17-/m1/s1. The maximum absolute atomic E-state index is 11.8. The molecule has 7 heteroatoms. The van der Waals surface area contributed by atoms with E-state index in [1.165, 1.54) is 5.57 Å². The van der Waals surface area contributed by atoms with Crippen molar-refractivity contribution >= 4 is 6.09 Å². The van der Waals surface area contributed by atoms with Gasteiger partial charge in [0.1, 0.15) is 5.82 Å². The average Bonchev–Trinajstić information content (AvgIpc) is 3.09. The lowest BCUT2D eigenvalue weighted by Gasteiger charge is -2.55. The SMILES string of the molecule is CCC1=C[C@@H]2[C@H](C1)C[C@@]2(Cc1nnn[nH]1)CN(C(=O)O)C(C)(C)C. The Morgan fingerprint density at radius 3 is 2.79 bits per heavy atom. The molecule has 1 amide bonds. The number of rotatable bonds is 5. The number of fused-ring (bicyclic) bond motifs is 1. The number of H-pyrrole nitrogens is 1. The molecule has 24 heavy (non-hydrogen) atoms. The van der Waals surface area contributed by atoms with Gasteiger partial charge in [-0.3, -0.25) is 0 Å². The van der Waals surface area contributed by atoms with Crippen molar-refractivity contribution in [3.8, 4) is 0 Å². The molecular formula is C17H27N5O2. The van der Waals surface area contributed by atoms with E-state index in [1.54, 1.807) is 4.90 Å². The number of aromatic amines is 1. The summed E-state index contributed by atoms with van der Waals surface area (Å²) < 4.78 is 0. The van der Waals surface area contributed by atoms with Gasteiger partial charge in [0.2, 0.25) is 0 Å². The van der Waals surface area contributed by atoms with E-state index in [4.69, 9.17) is 0 Å². The van der Waals surface area contributed by atoms with Gasteiger partial charge >= 0.3 is 6.09 Å². The van der Waals surface area contributed by atoms with Crippen LogP contribution in [0, 0.1) is 17.3 Å². The molecule has 2 aliphatic rings. The number of nitrogens with zero attached hydrogens (tertiary/aromatic N) is 4. The first-order valence-electron chi connectivity index (χ1n) is 8.68. The fraction of sp³-hybridized carbons (Fsp3) is 0.765. The summed E-state index contributed by atoms with van der Waals surface area (Å²) in [7, 11) is 0. The Balaban J connectivity index is 1.89. The number of tetrazole rings is 1. The van der Waals surface area contributed by atoms with Gasteiger partial charge in [-0.2, -0.15) is 0 Å². The van der Waals surface area contributed by atoms with Crippen LogP contribution < -0.4 is 0 Å². The first-order valence-corrected chi connectivity index (χ1v) is 8.68. The van der Waals surface area contributed by atoms with Gasteiger partial charge in [0, 0.05) is 23.9 Å². The molecule has 2 aliphatic carbocycles. The molecule has 1 fully saturated rings. The van der Waals surface area contributed by atoms with Gasteiger partial charge in [-0.15, -0.1) is 5.10 Å². The Labute approximate surface area is 142 Å². The molecule has 1 aromatic rings. The first-order chi connectivity index (χ1) is 11.2. The topological polar surface area (TPSA) is 95.0 Å². The highest BCUT2D eigenvalue weighted by atomic mass is 16.4. The van der Waals surface area contributed by atoms with Crippen molar-refractivity contribution in [1.82, 2.24) is 25.5 Å². The number of carboxylic acid groups (broad SMARTS) is 1. The number of hydrogen-bond acceptors (Lipinski definition) is 4. The molecule has 2 N–H and O–H groups in total. The minimum absolute atomic E-state index is 0.117. The highest BCUT2D eigenvalue weighted by Crippen LogP contribution is 2.60. The van der Waals surface area contributed by atoms with Gasteiger partial charge in [-0.1, -0.05) is 18.6 Å². The molecule has 0 unspecified atom stereocenters. The zero-order chi connectivity index (χ0) is 17.5. The molecule has 7 nitrogen and oxygen atoms in total. The Hall–Kier alpha value is -1.92. The number of amides is 1. The second-order valence-corrected chi connectivity index (χ2v) is 8.30. The van der Waals surface area contributed by atoms with Crippen molar-refractivity contribution in [2.24, 2.45) is 17.3 Å². The van der Waals surface area contributed by atoms with Gasteiger partial charge in [0.05, 0.1) is 0 Å². The lowest BCUT2D eigenvalue weighted by Crippen LogP contribution is -2.58. The minimum Gasteiger partial charge on any atom is -0.465 e. The monoisotopic (exact) mass is 333 g/mol. The minimum atomic E-state index is -0.862. The van der Waals surface area contributed by atoms with Crippen LogP contribution in [0.1, 0.15) is 52.8 Å². The van der Waals surface area contributed by atoms with E-state index in [1.807, 2.05) is 20.8 Å². The van der Waals surface area contributed by atoms with Crippen molar-refractivity contribution in [3.63, 3.8) is 0 Å². The number of aromatic nitrogens is 4. The fourth-order valence-electron chi connectivity index (χ4n) is 4.47. The fourth-order valence-corrected chi connectivity index (χ4v) is 4.47. The maximum Gasteiger partial charge on any atom is 0.407 e. The van der Waals surface area contributed by atoms with Gasteiger partial charge in [0.15, 0.2) is 0 Å². The molecule has 0 radical (unpaired) electrons. The molecule has 0 saturated heterocycles. The molecule has 1 saturated carbocycles. The number of hydrogen-bond donors (Lipinski definition) is 2. The summed E-state index contributed by atoms with van der Waals surface area (Å²) in [6.45, 7) is 8.55. The Morgan fingerprint density at radius 2 is 2.25 bits per heavy atom. The summed E-state index contributed by atoms with van der Waals surface area (Å²) in [6.07, 6.45) is 5.47. The number of carbonyl (C=O) groups is 1. The Morgan fingerprint density at radius 1 is 1.50 bits per heavy atom. The van der Waals surface area contributed by atoms with Crippen LogP contribution >= 0.6 is 0 Å². The first kappa shape index (κ1) is 16.9. The van der Waals surface area contributed by atoms with E-state index < -0.39 is 11.6 Å². The van der Waals surface area contributed by atoms with Crippen LogP contribution in [0.4, 0.5) is 4.79 Å². The van der Waals surface area contributed by atoms with Crippen LogP contribution in [0.25, 0.3) is 0 Å². The second-order valence-electron chi connectivity index (χ2n) is 8.30. The summed E-state index contributed by atoms with van der Waals surface area (Å²) >= 11 is 0. The molecule has 0 spiro atoms. The molecule has 1 aromatic heterocycles. The van der Waals surface area contributed by atoms with Gasteiger partial charge in [-0.25, -0.2) is 9.89 Å². The van der Waals surface area contributed by atoms with Crippen molar-refractivity contribution < 1.29 is 9.90 Å². The van der Waals surface area contributed by atoms with Crippen LogP contribution in [-0.2, 0) is 6.42 Å². The molecule has 0 aromatic carbocycles. The summed E-state index contributed by atoms with van der Waals surface area (Å²) in [5.74, 6) is 1.80. The van der Waals surface area contributed by atoms with E-state index in [0.29, 0.717) is 24.8 Å². The van der Waals surface area contributed by atoms with Crippen molar-refractivity contribution in [2.75, 3.05) is 6.54 Å². The zero-order valence-electron chi connectivity index (χ0n) is 14.9. The van der Waals surface area contributed by atoms with Crippen LogP contribution in [0.5, 0.6) is 0 Å². The van der Waals surface area contributed by atoms with Crippen molar-refractivity contribution in [1.29, 1.82) is 0 Å². The number of nitrogens with one attached hydrogen (secondary N) is 1. The predicted octanol–water partition coefficient (Wildman–Crippen LogP) is 2.88. The molecule has 3 atom stereocenters. The van der Waals surface area contributed by atoms with Crippen LogP contribution in [0.3, 0.4) is 0 Å². The van der Waals surface area contributed by atoms with Gasteiger partial charge in [0.25, 0.3) is 0 Å². The average molecular weight is 333 g/mol. The summed E-state index contributed by atoms with van der Waals surface area (Å²) in [5, 5.41) is 24.0. The lowest BCUT2D eigenvalue weighted by atomic mass is 9.53. The molecule has 3 rings (SSSR count). The van der Waals surface area contributed by atoms with Crippen LogP contribution in [-0.4, -0.2) is 48.8 Å². The molecule has 0 bridgehead atoms. The van der Waals surface area contributed by atoms with Gasteiger partial charge < -0.3 is 10.0 Å². The second kappa shape index (κ2) is 5.86. The predicted molar refractivity (Wildman–Crippen MR) is 89.4 cm³/mol. The molecular weight excluding hydrogens is 306 g/mol. The maximum atomic E-state index is 11.8. The quantitative estimate of drug-likeness (QED) is 0.808. The third-order valence-electron chi connectivity index (χ3n) is 5.70. The van der Waals surface area contributed by atoms with Crippen molar-refractivity contribution in [2.45, 2.75) is 58.9 Å². The zero-order valence-corrected chi connectivity index (χ0v) is 14.9. The molecule has 0 aliphatic heterocycles. The number of allylic oxidation sites excluding steroid dienone is 2. The molecule has 1 heterocycles. The van der Waals surface area contributed by atoms with Crippen molar-refractivity contribution in [3.05, 3.63) is 17.5 Å². The normalized spacial score (nSPS) is 28.9. The van der Waals surface area contributed by atoms with E-state index in [-0.39, 0.29) is 5.41 Å². The largest absolute Gasteiger partial charge is 0.465 e.